The molecule has 6 rings (SSSR count). The second kappa shape index (κ2) is 14.7. The lowest BCUT2D eigenvalue weighted by molar-refractivity contribution is 0.0917. The maximum absolute atomic E-state index is 15.1. The Bertz CT molecular complexity index is 2080. The molecule has 0 unspecified atom stereocenters. The molecule has 0 atom stereocenters. The number of fused-ring (bicyclic) bond motifs is 1. The van der Waals surface area contributed by atoms with Crippen molar-refractivity contribution in [2.45, 2.75) is 45.8 Å². The summed E-state index contributed by atoms with van der Waals surface area (Å²) in [5, 5.41) is 12.7. The molecule has 0 fully saturated rings. The minimum Gasteiger partial charge on any atom is -0.457 e. The second-order valence-corrected chi connectivity index (χ2v) is 13.0. The standard InChI is InChI=1S/C38H38FN7O5/c1-38(2,3)33-21-34(43-36(48)42-31-13-12-28(19-30(31)39)51-29-14-16-41-32(20-29)35(47)40-4)46(44-33)27-11-10-26-22-45(17-15-25(26)18-27)37(49)50-23-24-8-6-5-7-9-24/h5-14,16,18-21H,15,17,22-23H2,1-4H3,(H,40,47)(H2,42,43,48). The van der Waals surface area contributed by atoms with Crippen molar-refractivity contribution < 1.29 is 28.2 Å². The van der Waals surface area contributed by atoms with Crippen LogP contribution in [0.5, 0.6) is 11.5 Å². The molecular weight excluding hydrogens is 653 g/mol. The number of rotatable bonds is 8. The minimum atomic E-state index is -0.722. The summed E-state index contributed by atoms with van der Waals surface area (Å²) < 4.78 is 28.0. The molecule has 262 valence electrons. The number of ether oxygens (including phenoxy) is 2. The Morgan fingerprint density at radius 3 is 2.43 bits per heavy atom. The van der Waals surface area contributed by atoms with Crippen LogP contribution in [0, 0.1) is 5.82 Å². The van der Waals surface area contributed by atoms with Crippen LogP contribution in [0.1, 0.15) is 53.6 Å². The highest BCUT2D eigenvalue weighted by Gasteiger charge is 2.25. The summed E-state index contributed by atoms with van der Waals surface area (Å²) in [6.45, 7) is 7.18. The highest BCUT2D eigenvalue weighted by molar-refractivity contribution is 5.99. The average Bonchev–Trinajstić information content (AvgIpc) is 3.56. The van der Waals surface area contributed by atoms with Crippen LogP contribution in [0.25, 0.3) is 5.69 Å². The zero-order chi connectivity index (χ0) is 36.1. The summed E-state index contributed by atoms with van der Waals surface area (Å²) >= 11 is 0. The van der Waals surface area contributed by atoms with Gasteiger partial charge in [0.25, 0.3) is 5.91 Å². The summed E-state index contributed by atoms with van der Waals surface area (Å²) in [6.07, 6.45) is 1.67. The van der Waals surface area contributed by atoms with E-state index in [2.05, 4.69) is 20.9 Å². The Morgan fingerprint density at radius 1 is 0.902 bits per heavy atom. The first kappa shape index (κ1) is 34.6. The number of halogens is 1. The molecule has 12 nitrogen and oxygen atoms in total. The van der Waals surface area contributed by atoms with E-state index < -0.39 is 11.8 Å². The molecule has 4 amide bonds. The van der Waals surface area contributed by atoms with Crippen molar-refractivity contribution in [1.29, 1.82) is 0 Å². The van der Waals surface area contributed by atoms with Crippen molar-refractivity contribution in [3.8, 4) is 17.2 Å². The van der Waals surface area contributed by atoms with Gasteiger partial charge in [-0.25, -0.2) is 18.7 Å². The predicted octanol–water partition coefficient (Wildman–Crippen LogP) is 7.19. The molecule has 0 radical (unpaired) electrons. The van der Waals surface area contributed by atoms with E-state index in [1.54, 1.807) is 21.7 Å². The smallest absolute Gasteiger partial charge is 0.410 e. The van der Waals surface area contributed by atoms with Crippen molar-refractivity contribution in [1.82, 2.24) is 25.0 Å². The summed E-state index contributed by atoms with van der Waals surface area (Å²) in [5.41, 5.74) is 4.20. The lowest BCUT2D eigenvalue weighted by atomic mass is 9.92. The van der Waals surface area contributed by atoms with Gasteiger partial charge in [0, 0.05) is 49.9 Å². The van der Waals surface area contributed by atoms with Crippen molar-refractivity contribution in [3.05, 3.63) is 125 Å². The maximum Gasteiger partial charge on any atom is 0.410 e. The third kappa shape index (κ3) is 8.32. The fourth-order valence-electron chi connectivity index (χ4n) is 5.46. The van der Waals surface area contributed by atoms with Gasteiger partial charge in [-0.15, -0.1) is 0 Å². The molecule has 1 aliphatic rings. The molecule has 51 heavy (non-hydrogen) atoms. The van der Waals surface area contributed by atoms with Gasteiger partial charge < -0.3 is 25.0 Å². The number of urea groups is 1. The summed E-state index contributed by atoms with van der Waals surface area (Å²) in [7, 11) is 1.49. The van der Waals surface area contributed by atoms with Gasteiger partial charge in [-0.1, -0.05) is 57.2 Å². The summed E-state index contributed by atoms with van der Waals surface area (Å²) in [5.74, 6) is -0.251. The predicted molar refractivity (Wildman–Crippen MR) is 190 cm³/mol. The number of benzene rings is 3. The van der Waals surface area contributed by atoms with E-state index in [1.165, 1.54) is 31.4 Å². The van der Waals surface area contributed by atoms with Gasteiger partial charge in [-0.05, 0) is 53.4 Å². The molecule has 5 aromatic rings. The Balaban J connectivity index is 1.14. The third-order valence-corrected chi connectivity index (χ3v) is 8.24. The van der Waals surface area contributed by atoms with Crippen LogP contribution < -0.4 is 20.7 Å². The van der Waals surface area contributed by atoms with Crippen LogP contribution >= 0.6 is 0 Å². The van der Waals surface area contributed by atoms with Gasteiger partial charge in [0.1, 0.15) is 35.4 Å². The SMILES string of the molecule is CNC(=O)c1cc(Oc2ccc(NC(=O)Nc3cc(C(C)(C)C)nn3-c3ccc4c(c3)CCN(C(=O)OCc3ccccc3)C4)c(F)c2)ccn1. The number of hydrogen-bond donors (Lipinski definition) is 3. The first-order chi connectivity index (χ1) is 24.5. The molecule has 0 bridgehead atoms. The number of amides is 4. The van der Waals surface area contributed by atoms with E-state index in [1.807, 2.05) is 69.3 Å². The molecule has 0 saturated heterocycles. The molecule has 1 aliphatic heterocycles. The minimum absolute atomic E-state index is 0.0663. The zero-order valence-corrected chi connectivity index (χ0v) is 28.7. The first-order valence-corrected chi connectivity index (χ1v) is 16.4. The van der Waals surface area contributed by atoms with Crippen molar-refractivity contribution in [2.75, 3.05) is 24.2 Å². The van der Waals surface area contributed by atoms with Gasteiger partial charge in [0.15, 0.2) is 0 Å². The topological polar surface area (TPSA) is 140 Å². The zero-order valence-electron chi connectivity index (χ0n) is 28.7. The van der Waals surface area contributed by atoms with Crippen LogP contribution in [-0.2, 0) is 29.7 Å². The lowest BCUT2D eigenvalue weighted by Crippen LogP contribution is -2.36. The van der Waals surface area contributed by atoms with Crippen molar-refractivity contribution in [3.63, 3.8) is 0 Å². The normalized spacial score (nSPS) is 12.5. The number of pyridine rings is 1. The fraction of sp³-hybridized carbons (Fsp3) is 0.237. The summed E-state index contributed by atoms with van der Waals surface area (Å²) in [6, 6.07) is 23.5. The first-order valence-electron chi connectivity index (χ1n) is 16.4. The Hall–Kier alpha value is -6.24. The van der Waals surface area contributed by atoms with Crippen molar-refractivity contribution >= 4 is 29.5 Å². The highest BCUT2D eigenvalue weighted by atomic mass is 19.1. The molecule has 3 aromatic carbocycles. The number of hydrogen-bond acceptors (Lipinski definition) is 7. The molecule has 2 aromatic heterocycles. The van der Waals surface area contributed by atoms with Gasteiger partial charge >= 0.3 is 12.1 Å². The molecule has 13 heteroatoms. The fourth-order valence-corrected chi connectivity index (χ4v) is 5.46. The monoisotopic (exact) mass is 691 g/mol. The number of nitrogens with zero attached hydrogens (tertiary/aromatic N) is 4. The number of nitrogens with one attached hydrogen (secondary N) is 3. The second-order valence-electron chi connectivity index (χ2n) is 13.0. The van der Waals surface area contributed by atoms with E-state index in [9.17, 15) is 14.4 Å². The largest absolute Gasteiger partial charge is 0.457 e. The van der Waals surface area contributed by atoms with Crippen LogP contribution in [0.15, 0.2) is 91.1 Å². The van der Waals surface area contributed by atoms with E-state index in [0.29, 0.717) is 31.1 Å². The van der Waals surface area contributed by atoms with Crippen LogP contribution in [0.2, 0.25) is 0 Å². The molecular formula is C38H38FN7O5. The number of carbonyl (C=O) groups excluding carboxylic acids is 3. The van der Waals surface area contributed by atoms with Gasteiger partial charge in [0.2, 0.25) is 0 Å². The number of aromatic nitrogens is 3. The Kier molecular flexibility index (Phi) is 9.98. The third-order valence-electron chi connectivity index (χ3n) is 8.24. The van der Waals surface area contributed by atoms with Crippen molar-refractivity contribution in [2.24, 2.45) is 0 Å². The highest BCUT2D eigenvalue weighted by Crippen LogP contribution is 2.30. The van der Waals surface area contributed by atoms with Gasteiger partial charge in [-0.3, -0.25) is 15.1 Å². The molecule has 3 N–H and O–H groups in total. The average molecular weight is 692 g/mol. The Morgan fingerprint density at radius 2 is 1.69 bits per heavy atom. The van der Waals surface area contributed by atoms with E-state index in [4.69, 9.17) is 14.6 Å². The Labute approximate surface area is 294 Å². The van der Waals surface area contributed by atoms with Crippen LogP contribution in [0.3, 0.4) is 0 Å². The molecule has 0 saturated carbocycles. The molecule has 0 spiro atoms. The number of anilines is 2. The van der Waals surface area contributed by atoms with Gasteiger partial charge in [-0.2, -0.15) is 5.10 Å². The van der Waals surface area contributed by atoms with Crippen LogP contribution in [0.4, 0.5) is 25.5 Å². The summed E-state index contributed by atoms with van der Waals surface area (Å²) in [4.78, 5) is 43.6. The van der Waals surface area contributed by atoms with E-state index in [0.717, 1.165) is 34.1 Å². The number of carbonyl (C=O) groups is 3. The van der Waals surface area contributed by atoms with E-state index in [-0.39, 0.29) is 41.2 Å². The van der Waals surface area contributed by atoms with E-state index >= 15 is 4.39 Å². The molecule has 3 heterocycles. The lowest BCUT2D eigenvalue weighted by Gasteiger charge is -2.28. The molecule has 0 aliphatic carbocycles. The van der Waals surface area contributed by atoms with Crippen LogP contribution in [-0.4, -0.2) is 51.3 Å². The van der Waals surface area contributed by atoms with Gasteiger partial charge in [0.05, 0.1) is 17.1 Å². The maximum atomic E-state index is 15.1. The quantitative estimate of drug-likeness (QED) is 0.156.